The number of aromatic nitrogens is 2. The third kappa shape index (κ3) is 3.39. The van der Waals surface area contributed by atoms with E-state index in [0.29, 0.717) is 31.1 Å². The molecular weight excluding hydrogens is 345 g/mol. The minimum Gasteiger partial charge on any atom is -0.378 e. The van der Waals surface area contributed by atoms with Gasteiger partial charge in [0, 0.05) is 30.8 Å². The second-order valence-corrected chi connectivity index (χ2v) is 6.40. The number of halogens is 3. The van der Waals surface area contributed by atoms with Gasteiger partial charge in [-0.15, -0.1) is 0 Å². The van der Waals surface area contributed by atoms with Gasteiger partial charge in [-0.05, 0) is 25.1 Å². The minimum absolute atomic E-state index is 0.461. The molecule has 2 aliphatic heterocycles. The van der Waals surface area contributed by atoms with Crippen LogP contribution < -0.4 is 10.2 Å². The van der Waals surface area contributed by atoms with Gasteiger partial charge in [0.25, 0.3) is 0 Å². The smallest absolute Gasteiger partial charge is 0.378 e. The summed E-state index contributed by atoms with van der Waals surface area (Å²) in [6, 6.07) is 5.02. The number of ether oxygens (including phenoxy) is 1. The average molecular weight is 364 g/mol. The Bertz CT molecular complexity index is 786. The molecule has 5 nitrogen and oxygen atoms in total. The van der Waals surface area contributed by atoms with Gasteiger partial charge in [0.15, 0.2) is 5.82 Å². The number of fused-ring (bicyclic) bond motifs is 1. The third-order valence-corrected chi connectivity index (χ3v) is 4.70. The van der Waals surface area contributed by atoms with Crippen LogP contribution in [-0.2, 0) is 23.9 Å². The molecule has 1 aromatic heterocycles. The molecule has 0 bridgehead atoms. The van der Waals surface area contributed by atoms with E-state index in [1.54, 1.807) is 0 Å². The predicted octanol–water partition coefficient (Wildman–Crippen LogP) is 2.64. The second-order valence-electron chi connectivity index (χ2n) is 6.40. The molecule has 4 rings (SSSR count). The van der Waals surface area contributed by atoms with E-state index in [-0.39, 0.29) is 0 Å². The van der Waals surface area contributed by atoms with Crippen molar-refractivity contribution in [2.45, 2.75) is 19.1 Å². The molecule has 8 heteroatoms. The van der Waals surface area contributed by atoms with Crippen LogP contribution in [0.1, 0.15) is 16.8 Å². The summed E-state index contributed by atoms with van der Waals surface area (Å²) < 4.78 is 43.8. The molecule has 1 saturated heterocycles. The van der Waals surface area contributed by atoms with Crippen molar-refractivity contribution in [3.63, 3.8) is 0 Å². The lowest BCUT2D eigenvalue weighted by atomic mass is 10.0. The highest BCUT2D eigenvalue weighted by atomic mass is 19.4. The summed E-state index contributed by atoms with van der Waals surface area (Å²) in [4.78, 5) is 11.5. The average Bonchev–Trinajstić information content (AvgIpc) is 2.67. The zero-order chi connectivity index (χ0) is 18.1. The number of hydrogen-bond acceptors (Lipinski definition) is 5. The molecule has 1 aromatic carbocycles. The molecule has 0 radical (unpaired) electrons. The molecule has 3 heterocycles. The highest BCUT2D eigenvalue weighted by Gasteiger charge is 2.30. The van der Waals surface area contributed by atoms with Crippen LogP contribution >= 0.6 is 0 Å². The largest absolute Gasteiger partial charge is 0.416 e. The van der Waals surface area contributed by atoms with Crippen molar-refractivity contribution in [3.05, 3.63) is 41.1 Å². The molecule has 138 valence electrons. The van der Waals surface area contributed by atoms with Crippen molar-refractivity contribution in [1.82, 2.24) is 15.3 Å². The third-order valence-electron chi connectivity index (χ3n) is 4.70. The molecular formula is C18H19F3N4O. The lowest BCUT2D eigenvalue weighted by Gasteiger charge is -2.31. The summed E-state index contributed by atoms with van der Waals surface area (Å²) in [7, 11) is 0. The Labute approximate surface area is 149 Å². The van der Waals surface area contributed by atoms with Crippen LogP contribution in [-0.4, -0.2) is 42.8 Å². The predicted molar refractivity (Wildman–Crippen MR) is 90.9 cm³/mol. The SMILES string of the molecule is FC(F)(F)c1ccc(-c2nc3c(c(N4CCOCC4)n2)CCNC3)cc1. The highest BCUT2D eigenvalue weighted by molar-refractivity contribution is 5.61. The normalized spacial score (nSPS) is 17.9. The summed E-state index contributed by atoms with van der Waals surface area (Å²) in [5.74, 6) is 1.34. The molecule has 1 fully saturated rings. The van der Waals surface area contributed by atoms with Crippen molar-refractivity contribution in [2.75, 3.05) is 37.7 Å². The summed E-state index contributed by atoms with van der Waals surface area (Å²) >= 11 is 0. The van der Waals surface area contributed by atoms with Crippen molar-refractivity contribution in [2.24, 2.45) is 0 Å². The molecule has 26 heavy (non-hydrogen) atoms. The lowest BCUT2D eigenvalue weighted by molar-refractivity contribution is -0.137. The second kappa shape index (κ2) is 6.85. The first-order valence-corrected chi connectivity index (χ1v) is 8.63. The number of alkyl halides is 3. The summed E-state index contributed by atoms with van der Waals surface area (Å²) in [6.45, 7) is 4.31. The first kappa shape index (κ1) is 17.2. The molecule has 0 unspecified atom stereocenters. The molecule has 2 aliphatic rings. The molecule has 0 atom stereocenters. The monoisotopic (exact) mass is 364 g/mol. The van der Waals surface area contributed by atoms with Crippen LogP contribution in [0, 0.1) is 0 Å². The number of nitrogens with one attached hydrogen (secondary N) is 1. The topological polar surface area (TPSA) is 50.3 Å². The van der Waals surface area contributed by atoms with E-state index >= 15 is 0 Å². The van der Waals surface area contributed by atoms with Crippen LogP contribution in [0.3, 0.4) is 0 Å². The van der Waals surface area contributed by atoms with Gasteiger partial charge in [-0.3, -0.25) is 0 Å². The Morgan fingerprint density at radius 2 is 1.77 bits per heavy atom. The first-order chi connectivity index (χ1) is 12.5. The Morgan fingerprint density at radius 1 is 1.04 bits per heavy atom. The number of rotatable bonds is 2. The Hall–Kier alpha value is -2.19. The van der Waals surface area contributed by atoms with E-state index < -0.39 is 11.7 Å². The van der Waals surface area contributed by atoms with Crippen LogP contribution in [0.15, 0.2) is 24.3 Å². The fourth-order valence-electron chi connectivity index (χ4n) is 3.31. The van der Waals surface area contributed by atoms with Gasteiger partial charge in [0.2, 0.25) is 0 Å². The molecule has 0 saturated carbocycles. The zero-order valence-corrected chi connectivity index (χ0v) is 14.1. The summed E-state index contributed by atoms with van der Waals surface area (Å²) in [5.41, 5.74) is 1.96. The first-order valence-electron chi connectivity index (χ1n) is 8.63. The van der Waals surface area contributed by atoms with Crippen LogP contribution in [0.2, 0.25) is 0 Å². The van der Waals surface area contributed by atoms with Crippen molar-refractivity contribution in [3.8, 4) is 11.4 Å². The van der Waals surface area contributed by atoms with E-state index in [1.807, 2.05) is 0 Å². The van der Waals surface area contributed by atoms with E-state index in [1.165, 1.54) is 12.1 Å². The van der Waals surface area contributed by atoms with Gasteiger partial charge in [-0.25, -0.2) is 9.97 Å². The van der Waals surface area contributed by atoms with Gasteiger partial charge in [0.05, 0.1) is 24.5 Å². The fraction of sp³-hybridized carbons (Fsp3) is 0.444. The molecule has 0 aliphatic carbocycles. The maximum Gasteiger partial charge on any atom is 0.416 e. The number of nitrogens with zero attached hydrogens (tertiary/aromatic N) is 3. The maximum atomic E-state index is 12.8. The number of benzene rings is 1. The van der Waals surface area contributed by atoms with Gasteiger partial charge >= 0.3 is 6.18 Å². The Morgan fingerprint density at radius 3 is 2.46 bits per heavy atom. The van der Waals surface area contributed by atoms with Gasteiger partial charge in [0.1, 0.15) is 5.82 Å². The fourth-order valence-corrected chi connectivity index (χ4v) is 3.31. The number of hydrogen-bond donors (Lipinski definition) is 1. The van der Waals surface area contributed by atoms with Crippen LogP contribution in [0.5, 0.6) is 0 Å². The van der Waals surface area contributed by atoms with Crippen molar-refractivity contribution < 1.29 is 17.9 Å². The highest BCUT2D eigenvalue weighted by Crippen LogP contribution is 2.32. The summed E-state index contributed by atoms with van der Waals surface area (Å²) in [6.07, 6.45) is -3.51. The number of anilines is 1. The molecule has 0 spiro atoms. The van der Waals surface area contributed by atoms with E-state index in [4.69, 9.17) is 9.72 Å². The van der Waals surface area contributed by atoms with Crippen molar-refractivity contribution in [1.29, 1.82) is 0 Å². The molecule has 1 N–H and O–H groups in total. The number of morpholine rings is 1. The van der Waals surface area contributed by atoms with Gasteiger partial charge < -0.3 is 15.0 Å². The zero-order valence-electron chi connectivity index (χ0n) is 14.1. The molecule has 0 amide bonds. The molecule has 2 aromatic rings. The van der Waals surface area contributed by atoms with E-state index in [2.05, 4.69) is 15.2 Å². The van der Waals surface area contributed by atoms with Gasteiger partial charge in [-0.1, -0.05) is 12.1 Å². The van der Waals surface area contributed by atoms with Crippen LogP contribution in [0.25, 0.3) is 11.4 Å². The van der Waals surface area contributed by atoms with E-state index in [0.717, 1.165) is 55.3 Å². The van der Waals surface area contributed by atoms with Gasteiger partial charge in [-0.2, -0.15) is 13.2 Å². The van der Waals surface area contributed by atoms with Crippen molar-refractivity contribution >= 4 is 5.82 Å². The minimum atomic E-state index is -4.35. The standard InChI is InChI=1S/C18H19F3N4O/c19-18(20,21)13-3-1-12(2-4-13)16-23-15-11-22-6-5-14(15)17(24-16)25-7-9-26-10-8-25/h1-4,22H,5-11H2. The quantitative estimate of drug-likeness (QED) is 0.888. The van der Waals surface area contributed by atoms with Crippen LogP contribution in [0.4, 0.5) is 19.0 Å². The lowest BCUT2D eigenvalue weighted by Crippen LogP contribution is -2.39. The summed E-state index contributed by atoms with van der Waals surface area (Å²) in [5, 5.41) is 3.30. The van der Waals surface area contributed by atoms with E-state index in [9.17, 15) is 13.2 Å². The maximum absolute atomic E-state index is 12.8. The Kier molecular flexibility index (Phi) is 4.54. The Balaban J connectivity index is 1.74.